The third kappa shape index (κ3) is 3.47. The summed E-state index contributed by atoms with van der Waals surface area (Å²) in [5.41, 5.74) is -0.444. The first kappa shape index (κ1) is 13.4. The van der Waals surface area contributed by atoms with Crippen molar-refractivity contribution in [2.75, 3.05) is 13.1 Å². The van der Waals surface area contributed by atoms with Crippen molar-refractivity contribution in [1.82, 2.24) is 10.6 Å². The van der Waals surface area contributed by atoms with Gasteiger partial charge in [0.15, 0.2) is 0 Å². The van der Waals surface area contributed by atoms with Crippen LogP contribution < -0.4 is 10.6 Å². The SMILES string of the molecule is O=C(NC1CCNCC1)c1cc(F)cc([N+](=O)[O-])c1. The standard InChI is InChI=1S/C12H14FN3O3/c13-9-5-8(6-11(7-9)16(18)19)12(17)15-10-1-3-14-4-2-10/h5-7,10,14H,1-4H2,(H,15,17). The van der Waals surface area contributed by atoms with Crippen LogP contribution in [0.2, 0.25) is 0 Å². The van der Waals surface area contributed by atoms with Crippen molar-refractivity contribution >= 4 is 11.6 Å². The molecule has 1 aliphatic rings. The molecule has 1 aromatic rings. The van der Waals surface area contributed by atoms with Crippen molar-refractivity contribution in [3.63, 3.8) is 0 Å². The van der Waals surface area contributed by atoms with Gasteiger partial charge in [0.05, 0.1) is 11.0 Å². The molecular weight excluding hydrogens is 253 g/mol. The van der Waals surface area contributed by atoms with Gasteiger partial charge in [0.2, 0.25) is 0 Å². The Labute approximate surface area is 109 Å². The predicted molar refractivity (Wildman–Crippen MR) is 66.4 cm³/mol. The lowest BCUT2D eigenvalue weighted by Crippen LogP contribution is -2.42. The Hall–Kier alpha value is -2.02. The first-order valence-corrected chi connectivity index (χ1v) is 6.03. The van der Waals surface area contributed by atoms with Gasteiger partial charge >= 0.3 is 0 Å². The Balaban J connectivity index is 2.11. The molecule has 0 aliphatic carbocycles. The third-order valence-electron chi connectivity index (χ3n) is 3.03. The molecule has 0 atom stereocenters. The molecule has 1 saturated heterocycles. The van der Waals surface area contributed by atoms with E-state index in [1.807, 2.05) is 0 Å². The number of nitrogens with zero attached hydrogens (tertiary/aromatic N) is 1. The quantitative estimate of drug-likeness (QED) is 0.637. The summed E-state index contributed by atoms with van der Waals surface area (Å²) in [5, 5.41) is 16.5. The zero-order chi connectivity index (χ0) is 13.8. The largest absolute Gasteiger partial charge is 0.349 e. The second-order valence-electron chi connectivity index (χ2n) is 4.45. The van der Waals surface area contributed by atoms with E-state index in [2.05, 4.69) is 10.6 Å². The molecule has 1 heterocycles. The number of non-ortho nitro benzene ring substituents is 1. The van der Waals surface area contributed by atoms with E-state index in [-0.39, 0.29) is 11.6 Å². The van der Waals surface area contributed by atoms with Crippen LogP contribution in [0, 0.1) is 15.9 Å². The molecule has 1 aliphatic heterocycles. The Bertz CT molecular complexity index is 501. The summed E-state index contributed by atoms with van der Waals surface area (Å²) in [5.74, 6) is -1.26. The third-order valence-corrected chi connectivity index (χ3v) is 3.03. The maximum absolute atomic E-state index is 13.2. The molecule has 1 amide bonds. The van der Waals surface area contributed by atoms with E-state index in [1.54, 1.807) is 0 Å². The number of nitro benzene ring substituents is 1. The van der Waals surface area contributed by atoms with Crippen molar-refractivity contribution in [3.05, 3.63) is 39.7 Å². The summed E-state index contributed by atoms with van der Waals surface area (Å²) < 4.78 is 13.2. The Morgan fingerprint density at radius 3 is 2.68 bits per heavy atom. The molecule has 0 spiro atoms. The maximum Gasteiger partial charge on any atom is 0.273 e. The molecule has 0 saturated carbocycles. The fourth-order valence-electron chi connectivity index (χ4n) is 2.05. The molecule has 6 nitrogen and oxygen atoms in total. The number of amides is 1. The highest BCUT2D eigenvalue weighted by Crippen LogP contribution is 2.16. The van der Waals surface area contributed by atoms with Crippen LogP contribution in [0.1, 0.15) is 23.2 Å². The molecule has 2 rings (SSSR count). The lowest BCUT2D eigenvalue weighted by atomic mass is 10.1. The Kier molecular flexibility index (Phi) is 4.06. The molecule has 102 valence electrons. The molecule has 0 aromatic heterocycles. The summed E-state index contributed by atoms with van der Waals surface area (Å²) >= 11 is 0. The van der Waals surface area contributed by atoms with Crippen LogP contribution in [0.5, 0.6) is 0 Å². The van der Waals surface area contributed by atoms with Crippen LogP contribution in [0.4, 0.5) is 10.1 Å². The fourth-order valence-corrected chi connectivity index (χ4v) is 2.05. The first-order valence-electron chi connectivity index (χ1n) is 6.03. The number of piperidine rings is 1. The number of benzene rings is 1. The fraction of sp³-hybridized carbons (Fsp3) is 0.417. The van der Waals surface area contributed by atoms with Gasteiger partial charge in [0.25, 0.3) is 11.6 Å². The maximum atomic E-state index is 13.2. The highest BCUT2D eigenvalue weighted by molar-refractivity contribution is 5.95. The predicted octanol–water partition coefficient (Wildman–Crippen LogP) is 1.22. The molecule has 1 aromatic carbocycles. The average molecular weight is 267 g/mol. The van der Waals surface area contributed by atoms with Crippen molar-refractivity contribution in [2.45, 2.75) is 18.9 Å². The summed E-state index contributed by atoms with van der Waals surface area (Å²) in [6, 6.07) is 2.90. The normalized spacial score (nSPS) is 16.1. The summed E-state index contributed by atoms with van der Waals surface area (Å²) in [4.78, 5) is 21.8. The number of nitro groups is 1. The highest BCUT2D eigenvalue weighted by atomic mass is 19.1. The number of rotatable bonds is 3. The smallest absolute Gasteiger partial charge is 0.273 e. The number of nitrogens with one attached hydrogen (secondary N) is 2. The van der Waals surface area contributed by atoms with Gasteiger partial charge in [-0.2, -0.15) is 0 Å². The molecule has 0 radical (unpaired) electrons. The van der Waals surface area contributed by atoms with Crippen LogP contribution in [0.25, 0.3) is 0 Å². The number of carbonyl (C=O) groups excluding carboxylic acids is 1. The molecule has 1 fully saturated rings. The van der Waals surface area contributed by atoms with Gasteiger partial charge < -0.3 is 10.6 Å². The Morgan fingerprint density at radius 2 is 2.05 bits per heavy atom. The van der Waals surface area contributed by atoms with Gasteiger partial charge in [-0.3, -0.25) is 14.9 Å². The lowest BCUT2D eigenvalue weighted by molar-refractivity contribution is -0.385. The molecule has 0 bridgehead atoms. The number of halogens is 1. The van der Waals surface area contributed by atoms with Crippen LogP contribution in [-0.4, -0.2) is 30.0 Å². The van der Waals surface area contributed by atoms with Crippen LogP contribution in [0.3, 0.4) is 0 Å². The molecular formula is C12H14FN3O3. The molecule has 19 heavy (non-hydrogen) atoms. The van der Waals surface area contributed by atoms with Gasteiger partial charge in [-0.05, 0) is 32.0 Å². The van der Waals surface area contributed by atoms with Crippen molar-refractivity contribution < 1.29 is 14.1 Å². The van der Waals surface area contributed by atoms with Crippen LogP contribution >= 0.6 is 0 Å². The van der Waals surface area contributed by atoms with E-state index in [4.69, 9.17) is 0 Å². The van der Waals surface area contributed by atoms with Gasteiger partial charge in [0, 0.05) is 17.7 Å². The van der Waals surface area contributed by atoms with Crippen molar-refractivity contribution in [1.29, 1.82) is 0 Å². The summed E-state index contributed by atoms with van der Waals surface area (Å²) in [6.45, 7) is 1.63. The van der Waals surface area contributed by atoms with Gasteiger partial charge in [-0.15, -0.1) is 0 Å². The zero-order valence-corrected chi connectivity index (χ0v) is 10.2. The van der Waals surface area contributed by atoms with E-state index >= 15 is 0 Å². The highest BCUT2D eigenvalue weighted by Gasteiger charge is 2.19. The second kappa shape index (κ2) is 5.75. The topological polar surface area (TPSA) is 84.3 Å². The monoisotopic (exact) mass is 267 g/mol. The van der Waals surface area contributed by atoms with Crippen molar-refractivity contribution in [2.24, 2.45) is 0 Å². The van der Waals surface area contributed by atoms with E-state index in [0.717, 1.165) is 44.1 Å². The van der Waals surface area contributed by atoms with E-state index < -0.39 is 22.3 Å². The van der Waals surface area contributed by atoms with Crippen molar-refractivity contribution in [3.8, 4) is 0 Å². The molecule has 7 heteroatoms. The van der Waals surface area contributed by atoms with Crippen LogP contribution in [0.15, 0.2) is 18.2 Å². The van der Waals surface area contributed by atoms with E-state index in [1.165, 1.54) is 0 Å². The van der Waals surface area contributed by atoms with E-state index in [9.17, 15) is 19.3 Å². The first-order chi connectivity index (χ1) is 9.06. The Morgan fingerprint density at radius 1 is 1.37 bits per heavy atom. The average Bonchev–Trinajstić information content (AvgIpc) is 2.39. The number of hydrogen-bond donors (Lipinski definition) is 2. The van der Waals surface area contributed by atoms with E-state index in [0.29, 0.717) is 0 Å². The second-order valence-corrected chi connectivity index (χ2v) is 4.45. The minimum atomic E-state index is -0.787. The summed E-state index contributed by atoms with van der Waals surface area (Å²) in [7, 11) is 0. The van der Waals surface area contributed by atoms with Gasteiger partial charge in [-0.25, -0.2) is 4.39 Å². The lowest BCUT2D eigenvalue weighted by Gasteiger charge is -2.23. The zero-order valence-electron chi connectivity index (χ0n) is 10.2. The minimum Gasteiger partial charge on any atom is -0.349 e. The van der Waals surface area contributed by atoms with Gasteiger partial charge in [-0.1, -0.05) is 0 Å². The number of hydrogen-bond acceptors (Lipinski definition) is 4. The molecule has 2 N–H and O–H groups in total. The minimum absolute atomic E-state index is 0.0229. The number of carbonyl (C=O) groups is 1. The molecule has 0 unspecified atom stereocenters. The van der Waals surface area contributed by atoms with Crippen LogP contribution in [-0.2, 0) is 0 Å². The van der Waals surface area contributed by atoms with Gasteiger partial charge in [0.1, 0.15) is 5.82 Å². The summed E-state index contributed by atoms with van der Waals surface area (Å²) in [6.07, 6.45) is 1.59.